The Bertz CT molecular complexity index is 452. The van der Waals surface area contributed by atoms with Crippen LogP contribution in [0.25, 0.3) is 0 Å². The highest BCUT2D eigenvalue weighted by atomic mass is 19.2. The predicted molar refractivity (Wildman–Crippen MR) is 60.0 cm³/mol. The van der Waals surface area contributed by atoms with Crippen LogP contribution in [-0.2, 0) is 9.53 Å². The van der Waals surface area contributed by atoms with Crippen LogP contribution in [0.4, 0.5) is 19.3 Å². The molecule has 0 heterocycles. The Kier molecular flexibility index (Phi) is 5.04. The minimum absolute atomic E-state index is 0.0789. The maximum atomic E-state index is 12.8. The number of ether oxygens (including phenoxy) is 1. The fraction of sp³-hybridized carbons (Fsp3) is 0.273. The van der Waals surface area contributed by atoms with E-state index >= 15 is 0 Å². The first-order valence-electron chi connectivity index (χ1n) is 5.18. The van der Waals surface area contributed by atoms with Gasteiger partial charge in [-0.1, -0.05) is 0 Å². The van der Waals surface area contributed by atoms with Gasteiger partial charge >= 0.3 is 12.0 Å². The molecule has 1 aromatic rings. The second-order valence-corrected chi connectivity index (χ2v) is 3.24. The predicted octanol–water partition coefficient (Wildman–Crippen LogP) is 1.65. The lowest BCUT2D eigenvalue weighted by atomic mass is 10.3. The van der Waals surface area contributed by atoms with Crippen LogP contribution in [0.1, 0.15) is 6.92 Å². The summed E-state index contributed by atoms with van der Waals surface area (Å²) in [4.78, 5) is 22.2. The number of carbonyl (C=O) groups excluding carboxylic acids is 2. The Morgan fingerprint density at radius 1 is 1.28 bits per heavy atom. The van der Waals surface area contributed by atoms with Crippen molar-refractivity contribution in [1.82, 2.24) is 5.32 Å². The van der Waals surface area contributed by atoms with E-state index in [1.165, 1.54) is 6.07 Å². The molecular formula is C11H12F2N2O3. The van der Waals surface area contributed by atoms with Gasteiger partial charge in [-0.25, -0.2) is 13.6 Å². The van der Waals surface area contributed by atoms with Crippen LogP contribution < -0.4 is 10.6 Å². The van der Waals surface area contributed by atoms with Crippen LogP contribution in [0.15, 0.2) is 18.2 Å². The third-order valence-electron chi connectivity index (χ3n) is 1.88. The SMILES string of the molecule is CCOC(=O)CNC(=O)Nc1ccc(F)c(F)c1. The van der Waals surface area contributed by atoms with E-state index in [2.05, 4.69) is 15.4 Å². The van der Waals surface area contributed by atoms with E-state index in [0.29, 0.717) is 0 Å². The monoisotopic (exact) mass is 258 g/mol. The molecule has 5 nitrogen and oxygen atoms in total. The van der Waals surface area contributed by atoms with Gasteiger partial charge in [0.25, 0.3) is 0 Å². The molecule has 0 spiro atoms. The molecular weight excluding hydrogens is 246 g/mol. The topological polar surface area (TPSA) is 67.4 Å². The highest BCUT2D eigenvalue weighted by Gasteiger charge is 2.07. The number of rotatable bonds is 4. The van der Waals surface area contributed by atoms with Crippen molar-refractivity contribution in [2.24, 2.45) is 0 Å². The minimum Gasteiger partial charge on any atom is -0.465 e. The summed E-state index contributed by atoms with van der Waals surface area (Å²) in [5.41, 5.74) is 0.0789. The van der Waals surface area contributed by atoms with Gasteiger partial charge in [-0.2, -0.15) is 0 Å². The van der Waals surface area contributed by atoms with Crippen LogP contribution in [0.2, 0.25) is 0 Å². The average molecular weight is 258 g/mol. The zero-order chi connectivity index (χ0) is 13.5. The molecule has 2 N–H and O–H groups in total. The van der Waals surface area contributed by atoms with E-state index in [-0.39, 0.29) is 18.8 Å². The van der Waals surface area contributed by atoms with E-state index in [1.54, 1.807) is 6.92 Å². The lowest BCUT2D eigenvalue weighted by Crippen LogP contribution is -2.34. The second kappa shape index (κ2) is 6.53. The molecule has 0 fully saturated rings. The van der Waals surface area contributed by atoms with Crippen LogP contribution in [0, 0.1) is 11.6 Å². The zero-order valence-electron chi connectivity index (χ0n) is 9.63. The molecule has 0 unspecified atom stereocenters. The number of hydrogen-bond donors (Lipinski definition) is 2. The summed E-state index contributed by atoms with van der Waals surface area (Å²) >= 11 is 0. The van der Waals surface area contributed by atoms with E-state index in [9.17, 15) is 18.4 Å². The average Bonchev–Trinajstić information content (AvgIpc) is 2.32. The number of urea groups is 1. The lowest BCUT2D eigenvalue weighted by molar-refractivity contribution is -0.141. The van der Waals surface area contributed by atoms with Crippen molar-refractivity contribution in [1.29, 1.82) is 0 Å². The summed E-state index contributed by atoms with van der Waals surface area (Å²) in [6.07, 6.45) is 0. The van der Waals surface area contributed by atoms with Gasteiger partial charge < -0.3 is 15.4 Å². The minimum atomic E-state index is -1.07. The summed E-state index contributed by atoms with van der Waals surface area (Å²) in [6, 6.07) is 2.20. The van der Waals surface area contributed by atoms with Gasteiger partial charge in [0.2, 0.25) is 0 Å². The molecule has 0 aliphatic carbocycles. The van der Waals surface area contributed by atoms with Gasteiger partial charge in [-0.3, -0.25) is 4.79 Å². The summed E-state index contributed by atoms with van der Waals surface area (Å²) in [6.45, 7) is 1.55. The Morgan fingerprint density at radius 2 is 2.00 bits per heavy atom. The number of amides is 2. The molecule has 18 heavy (non-hydrogen) atoms. The first-order chi connectivity index (χ1) is 8.52. The van der Waals surface area contributed by atoms with Gasteiger partial charge in [-0.15, -0.1) is 0 Å². The quantitative estimate of drug-likeness (QED) is 0.807. The van der Waals surface area contributed by atoms with Crippen molar-refractivity contribution < 1.29 is 23.1 Å². The third kappa shape index (κ3) is 4.36. The van der Waals surface area contributed by atoms with Gasteiger partial charge in [0.1, 0.15) is 6.54 Å². The van der Waals surface area contributed by atoms with Gasteiger partial charge in [0, 0.05) is 11.8 Å². The fourth-order valence-electron chi connectivity index (χ4n) is 1.11. The van der Waals surface area contributed by atoms with Crippen molar-refractivity contribution >= 4 is 17.7 Å². The standard InChI is InChI=1S/C11H12F2N2O3/c1-2-18-10(16)6-14-11(17)15-7-3-4-8(12)9(13)5-7/h3-5H,2,6H2,1H3,(H2,14,15,17). The molecule has 0 atom stereocenters. The normalized spacial score (nSPS) is 9.72. The molecule has 0 aromatic heterocycles. The van der Waals surface area contributed by atoms with Crippen molar-refractivity contribution in [3.8, 4) is 0 Å². The van der Waals surface area contributed by atoms with Crippen LogP contribution in [-0.4, -0.2) is 25.2 Å². The Labute approximate surface area is 102 Å². The van der Waals surface area contributed by atoms with E-state index in [1.807, 2.05) is 0 Å². The molecule has 1 rings (SSSR count). The number of anilines is 1. The van der Waals surface area contributed by atoms with Crippen molar-refractivity contribution in [2.45, 2.75) is 6.92 Å². The summed E-state index contributed by atoms with van der Waals surface area (Å²) in [7, 11) is 0. The smallest absolute Gasteiger partial charge is 0.325 e. The fourth-order valence-corrected chi connectivity index (χ4v) is 1.11. The maximum Gasteiger partial charge on any atom is 0.325 e. The molecule has 0 radical (unpaired) electrons. The van der Waals surface area contributed by atoms with Crippen LogP contribution in [0.5, 0.6) is 0 Å². The largest absolute Gasteiger partial charge is 0.465 e. The molecule has 0 saturated heterocycles. The second-order valence-electron chi connectivity index (χ2n) is 3.24. The van der Waals surface area contributed by atoms with Crippen molar-refractivity contribution in [3.63, 3.8) is 0 Å². The lowest BCUT2D eigenvalue weighted by Gasteiger charge is -2.07. The first-order valence-corrected chi connectivity index (χ1v) is 5.18. The Morgan fingerprint density at radius 3 is 2.61 bits per heavy atom. The maximum absolute atomic E-state index is 12.8. The first kappa shape index (κ1) is 13.9. The van der Waals surface area contributed by atoms with E-state index < -0.39 is 23.6 Å². The zero-order valence-corrected chi connectivity index (χ0v) is 9.63. The molecule has 2 amide bonds. The number of benzene rings is 1. The number of halogens is 2. The summed E-state index contributed by atoms with van der Waals surface area (Å²) in [5, 5.41) is 4.45. The molecule has 0 aliphatic rings. The summed E-state index contributed by atoms with van der Waals surface area (Å²) < 4.78 is 30.0. The third-order valence-corrected chi connectivity index (χ3v) is 1.88. The number of nitrogens with one attached hydrogen (secondary N) is 2. The molecule has 98 valence electrons. The number of carbonyl (C=O) groups is 2. The molecule has 0 bridgehead atoms. The van der Waals surface area contributed by atoms with Crippen LogP contribution >= 0.6 is 0 Å². The Hall–Kier alpha value is -2.18. The van der Waals surface area contributed by atoms with E-state index in [0.717, 1.165) is 12.1 Å². The van der Waals surface area contributed by atoms with Crippen molar-refractivity contribution in [2.75, 3.05) is 18.5 Å². The highest BCUT2D eigenvalue weighted by molar-refractivity contribution is 5.91. The highest BCUT2D eigenvalue weighted by Crippen LogP contribution is 2.12. The van der Waals surface area contributed by atoms with Crippen LogP contribution in [0.3, 0.4) is 0 Å². The number of hydrogen-bond acceptors (Lipinski definition) is 3. The Balaban J connectivity index is 2.44. The van der Waals surface area contributed by atoms with Crippen molar-refractivity contribution in [3.05, 3.63) is 29.8 Å². The van der Waals surface area contributed by atoms with Gasteiger partial charge in [-0.05, 0) is 19.1 Å². The van der Waals surface area contributed by atoms with Gasteiger partial charge in [0.15, 0.2) is 11.6 Å². The summed E-state index contributed by atoms with van der Waals surface area (Å²) in [5.74, 6) is -2.66. The van der Waals surface area contributed by atoms with E-state index in [4.69, 9.17) is 0 Å². The molecule has 0 saturated carbocycles. The number of esters is 1. The molecule has 1 aromatic carbocycles. The molecule has 0 aliphatic heterocycles. The molecule has 7 heteroatoms. The van der Waals surface area contributed by atoms with Gasteiger partial charge in [0.05, 0.1) is 6.61 Å².